The third-order valence-electron chi connectivity index (χ3n) is 5.32. The predicted octanol–water partition coefficient (Wildman–Crippen LogP) is 3.76. The molecule has 0 spiro atoms. The monoisotopic (exact) mass is 397 g/mol. The van der Waals surface area contributed by atoms with Crippen molar-refractivity contribution in [3.8, 4) is 5.75 Å². The Labute approximate surface area is 171 Å². The maximum Gasteiger partial charge on any atom is 0.326 e. The second-order valence-corrected chi connectivity index (χ2v) is 6.87. The Morgan fingerprint density at radius 2 is 1.55 bits per heavy atom. The van der Waals surface area contributed by atoms with Crippen LogP contribution in [0.5, 0.6) is 5.75 Å². The van der Waals surface area contributed by atoms with E-state index < -0.39 is 23.4 Å². The smallest absolute Gasteiger partial charge is 0.326 e. The van der Waals surface area contributed by atoms with Crippen LogP contribution in [0.4, 0.5) is 5.69 Å². The third-order valence-corrected chi connectivity index (χ3v) is 5.32. The number of carbonyl (C=O) groups is 2. The van der Waals surface area contributed by atoms with Gasteiger partial charge in [-0.05, 0) is 50.1 Å². The molecule has 29 heavy (non-hydrogen) atoms. The van der Waals surface area contributed by atoms with Gasteiger partial charge in [0.25, 0.3) is 0 Å². The van der Waals surface area contributed by atoms with Crippen LogP contribution in [0.1, 0.15) is 31.9 Å². The van der Waals surface area contributed by atoms with E-state index in [0.29, 0.717) is 18.7 Å². The normalized spacial score (nSPS) is 17.6. The molecule has 3 rings (SSSR count). The molecule has 6 nitrogen and oxygen atoms in total. The van der Waals surface area contributed by atoms with Gasteiger partial charge in [-0.3, -0.25) is 9.59 Å². The molecule has 0 aliphatic carbocycles. The Kier molecular flexibility index (Phi) is 6.42. The van der Waals surface area contributed by atoms with E-state index in [0.717, 1.165) is 11.3 Å². The first-order valence-electron chi connectivity index (χ1n) is 9.88. The van der Waals surface area contributed by atoms with Crippen molar-refractivity contribution in [2.24, 2.45) is 5.41 Å². The Morgan fingerprint density at radius 1 is 0.966 bits per heavy atom. The minimum atomic E-state index is -1.43. The molecule has 0 saturated carbocycles. The molecule has 6 heteroatoms. The van der Waals surface area contributed by atoms with Gasteiger partial charge >= 0.3 is 11.9 Å². The number of para-hydroxylation sites is 1. The van der Waals surface area contributed by atoms with Crippen LogP contribution >= 0.6 is 0 Å². The van der Waals surface area contributed by atoms with Crippen molar-refractivity contribution < 1.29 is 23.8 Å². The van der Waals surface area contributed by atoms with Crippen molar-refractivity contribution in [1.82, 2.24) is 0 Å². The van der Waals surface area contributed by atoms with E-state index >= 15 is 0 Å². The first-order valence-corrected chi connectivity index (χ1v) is 9.88. The minimum absolute atomic E-state index is 0.195. The zero-order valence-electron chi connectivity index (χ0n) is 17.1. The third kappa shape index (κ3) is 3.79. The van der Waals surface area contributed by atoms with Crippen LogP contribution in [0.15, 0.2) is 54.6 Å². The van der Waals surface area contributed by atoms with Crippen molar-refractivity contribution in [3.05, 3.63) is 60.2 Å². The molecule has 0 N–H and O–H groups in total. The second-order valence-electron chi connectivity index (χ2n) is 6.87. The van der Waals surface area contributed by atoms with Crippen molar-refractivity contribution in [1.29, 1.82) is 0 Å². The van der Waals surface area contributed by atoms with E-state index in [9.17, 15) is 9.59 Å². The van der Waals surface area contributed by atoms with Crippen LogP contribution in [-0.2, 0) is 19.1 Å². The summed E-state index contributed by atoms with van der Waals surface area (Å²) in [7, 11) is 1.60. The average Bonchev–Trinajstić information content (AvgIpc) is 3.16. The van der Waals surface area contributed by atoms with Gasteiger partial charge in [-0.1, -0.05) is 30.3 Å². The number of benzene rings is 2. The molecule has 0 aromatic heterocycles. The lowest BCUT2D eigenvalue weighted by molar-refractivity contribution is -0.172. The van der Waals surface area contributed by atoms with Crippen LogP contribution in [-0.4, -0.2) is 38.8 Å². The fraction of sp³-hybridized carbons (Fsp3) is 0.391. The summed E-state index contributed by atoms with van der Waals surface area (Å²) in [5, 5.41) is 0. The largest absolute Gasteiger partial charge is 0.497 e. The summed E-state index contributed by atoms with van der Waals surface area (Å²) in [6.45, 7) is 4.39. The standard InChI is InChI=1S/C23H27NO5/c1-4-28-21(25)23(22(26)29-5-2)15-16-24(18-9-7-6-8-10-18)20(23)17-11-13-19(27-3)14-12-17/h6-14,20H,4-5,15-16H2,1-3H3. The molecular formula is C23H27NO5. The van der Waals surface area contributed by atoms with Crippen LogP contribution < -0.4 is 9.64 Å². The highest BCUT2D eigenvalue weighted by Crippen LogP contribution is 2.51. The Morgan fingerprint density at radius 3 is 2.07 bits per heavy atom. The number of esters is 2. The highest BCUT2D eigenvalue weighted by Gasteiger charge is 2.61. The summed E-state index contributed by atoms with van der Waals surface area (Å²) in [6, 6.07) is 16.7. The second kappa shape index (κ2) is 8.99. The topological polar surface area (TPSA) is 65.1 Å². The van der Waals surface area contributed by atoms with Gasteiger partial charge in [0.1, 0.15) is 5.75 Å². The molecular weight excluding hydrogens is 370 g/mol. The molecule has 0 bridgehead atoms. The molecule has 2 aromatic carbocycles. The molecule has 1 unspecified atom stereocenters. The van der Waals surface area contributed by atoms with Crippen molar-refractivity contribution in [2.45, 2.75) is 26.3 Å². The fourth-order valence-corrected chi connectivity index (χ4v) is 4.01. The zero-order valence-corrected chi connectivity index (χ0v) is 17.1. The van der Waals surface area contributed by atoms with Crippen molar-refractivity contribution >= 4 is 17.6 Å². The number of hydrogen-bond donors (Lipinski definition) is 0. The lowest BCUT2D eigenvalue weighted by Gasteiger charge is -2.35. The number of carbonyl (C=O) groups excluding carboxylic acids is 2. The average molecular weight is 397 g/mol. The lowest BCUT2D eigenvalue weighted by Crippen LogP contribution is -2.46. The maximum absolute atomic E-state index is 13.2. The summed E-state index contributed by atoms with van der Waals surface area (Å²) in [4.78, 5) is 28.5. The van der Waals surface area contributed by atoms with Crippen LogP contribution in [0.2, 0.25) is 0 Å². The summed E-state index contributed by atoms with van der Waals surface area (Å²) in [5.41, 5.74) is 0.327. The summed E-state index contributed by atoms with van der Waals surface area (Å²) in [6.07, 6.45) is 0.316. The first kappa shape index (κ1) is 20.7. The van der Waals surface area contributed by atoms with Gasteiger partial charge in [0.05, 0.1) is 26.4 Å². The summed E-state index contributed by atoms with van der Waals surface area (Å²) in [5.74, 6) is -0.383. The molecule has 154 valence electrons. The molecule has 1 atom stereocenters. The maximum atomic E-state index is 13.2. The number of rotatable bonds is 7. The zero-order chi connectivity index (χ0) is 20.9. The number of methoxy groups -OCH3 is 1. The van der Waals surface area contributed by atoms with E-state index in [1.54, 1.807) is 21.0 Å². The van der Waals surface area contributed by atoms with Crippen molar-refractivity contribution in [3.63, 3.8) is 0 Å². The fourth-order valence-electron chi connectivity index (χ4n) is 4.01. The molecule has 1 heterocycles. The molecule has 1 saturated heterocycles. The summed E-state index contributed by atoms with van der Waals surface area (Å²) < 4.78 is 16.0. The van der Waals surface area contributed by atoms with E-state index in [-0.39, 0.29) is 13.2 Å². The number of nitrogens with zero attached hydrogens (tertiary/aromatic N) is 1. The van der Waals surface area contributed by atoms with Gasteiger partial charge in [0.2, 0.25) is 0 Å². The van der Waals surface area contributed by atoms with Gasteiger partial charge in [-0.15, -0.1) is 0 Å². The minimum Gasteiger partial charge on any atom is -0.497 e. The highest BCUT2D eigenvalue weighted by atomic mass is 16.6. The molecule has 0 amide bonds. The quantitative estimate of drug-likeness (QED) is 0.524. The van der Waals surface area contributed by atoms with E-state index in [1.807, 2.05) is 54.6 Å². The number of anilines is 1. The SMILES string of the molecule is CCOC(=O)C1(C(=O)OCC)CCN(c2ccccc2)C1c1ccc(OC)cc1. The lowest BCUT2D eigenvalue weighted by atomic mass is 9.76. The first-order chi connectivity index (χ1) is 14.1. The predicted molar refractivity (Wildman–Crippen MR) is 110 cm³/mol. The Balaban J connectivity index is 2.16. The van der Waals surface area contributed by atoms with Gasteiger partial charge in [0, 0.05) is 12.2 Å². The Hall–Kier alpha value is -3.02. The van der Waals surface area contributed by atoms with E-state index in [4.69, 9.17) is 14.2 Å². The van der Waals surface area contributed by atoms with Gasteiger partial charge in [0.15, 0.2) is 5.41 Å². The summed E-state index contributed by atoms with van der Waals surface area (Å²) >= 11 is 0. The molecule has 1 aliphatic heterocycles. The van der Waals surface area contributed by atoms with Gasteiger partial charge in [-0.2, -0.15) is 0 Å². The van der Waals surface area contributed by atoms with E-state index in [1.165, 1.54) is 0 Å². The molecule has 1 aliphatic rings. The molecule has 1 fully saturated rings. The molecule has 2 aromatic rings. The van der Waals surface area contributed by atoms with E-state index in [2.05, 4.69) is 4.90 Å². The highest BCUT2D eigenvalue weighted by molar-refractivity contribution is 6.02. The van der Waals surface area contributed by atoms with Crippen molar-refractivity contribution in [2.75, 3.05) is 31.8 Å². The molecule has 0 radical (unpaired) electrons. The van der Waals surface area contributed by atoms with Gasteiger partial charge in [-0.25, -0.2) is 0 Å². The van der Waals surface area contributed by atoms with Crippen LogP contribution in [0.3, 0.4) is 0 Å². The number of ether oxygens (including phenoxy) is 3. The number of hydrogen-bond acceptors (Lipinski definition) is 6. The Bertz CT molecular complexity index is 816. The van der Waals surface area contributed by atoms with Crippen LogP contribution in [0, 0.1) is 5.41 Å². The van der Waals surface area contributed by atoms with Crippen LogP contribution in [0.25, 0.3) is 0 Å². The van der Waals surface area contributed by atoms with Gasteiger partial charge < -0.3 is 19.1 Å².